The van der Waals surface area contributed by atoms with Gasteiger partial charge in [-0.05, 0) is 32.0 Å². The number of rotatable bonds is 6. The second kappa shape index (κ2) is 6.91. The lowest BCUT2D eigenvalue weighted by molar-refractivity contribution is 0.401. The molecule has 1 aromatic carbocycles. The molecule has 0 radical (unpaired) electrons. The van der Waals surface area contributed by atoms with Gasteiger partial charge in [0.05, 0.1) is 12.8 Å². The molecule has 1 heterocycles. The summed E-state index contributed by atoms with van der Waals surface area (Å²) >= 11 is 0. The summed E-state index contributed by atoms with van der Waals surface area (Å²) in [5, 5.41) is 12.7. The van der Waals surface area contributed by atoms with Crippen LogP contribution in [-0.4, -0.2) is 23.2 Å². The van der Waals surface area contributed by atoms with Gasteiger partial charge in [0.2, 0.25) is 5.82 Å². The molecule has 5 nitrogen and oxygen atoms in total. The Morgan fingerprint density at radius 3 is 2.95 bits per heavy atom. The summed E-state index contributed by atoms with van der Waals surface area (Å²) in [5.74, 6) is 1.17. The van der Waals surface area contributed by atoms with Crippen LogP contribution in [0.4, 0.5) is 0 Å². The van der Waals surface area contributed by atoms with E-state index in [1.165, 1.54) is 0 Å². The van der Waals surface area contributed by atoms with Gasteiger partial charge in [0.15, 0.2) is 0 Å². The van der Waals surface area contributed by atoms with Crippen LogP contribution in [0.2, 0.25) is 0 Å². The molecule has 0 spiro atoms. The highest BCUT2D eigenvalue weighted by Crippen LogP contribution is 2.31. The van der Waals surface area contributed by atoms with Crippen molar-refractivity contribution in [3.8, 4) is 17.5 Å². The van der Waals surface area contributed by atoms with E-state index in [2.05, 4.69) is 30.2 Å². The predicted octanol–water partition coefficient (Wildman–Crippen LogP) is 2.81. The lowest BCUT2D eigenvalue weighted by Crippen LogP contribution is -2.21. The van der Waals surface area contributed by atoms with Gasteiger partial charge in [0.1, 0.15) is 11.8 Å². The number of imidazole rings is 1. The van der Waals surface area contributed by atoms with Gasteiger partial charge in [-0.15, -0.1) is 0 Å². The fraction of sp³-hybridized carbons (Fsp3) is 0.375. The van der Waals surface area contributed by atoms with Gasteiger partial charge in [-0.25, -0.2) is 4.98 Å². The quantitative estimate of drug-likeness (QED) is 0.886. The summed E-state index contributed by atoms with van der Waals surface area (Å²) in [6.07, 6.45) is 4.48. The molecule has 1 atom stereocenters. The van der Waals surface area contributed by atoms with Crippen LogP contribution in [0.1, 0.15) is 37.7 Å². The van der Waals surface area contributed by atoms with E-state index in [1.54, 1.807) is 24.1 Å². The first kappa shape index (κ1) is 15.1. The highest BCUT2D eigenvalue weighted by molar-refractivity contribution is 5.52. The van der Waals surface area contributed by atoms with Crippen molar-refractivity contribution >= 4 is 0 Å². The maximum Gasteiger partial charge on any atom is 0.217 e. The SMILES string of the molecule is CCCNC(C)c1c(OC)cccc1-n1ccnc1C#N. The zero-order valence-corrected chi connectivity index (χ0v) is 12.6. The molecule has 1 N–H and O–H groups in total. The largest absolute Gasteiger partial charge is 0.496 e. The number of nitriles is 1. The van der Waals surface area contributed by atoms with Crippen LogP contribution in [0.5, 0.6) is 5.75 Å². The Kier molecular flexibility index (Phi) is 4.96. The molecular weight excluding hydrogens is 264 g/mol. The molecule has 0 bridgehead atoms. The standard InChI is InChI=1S/C16H20N4O/c1-4-8-18-12(2)16-13(6-5-7-14(16)21-3)20-10-9-19-15(20)11-17/h5-7,9-10,12,18H,4,8H2,1-3H3. The minimum atomic E-state index is 0.116. The number of nitrogens with zero attached hydrogens (tertiary/aromatic N) is 3. The predicted molar refractivity (Wildman–Crippen MR) is 81.5 cm³/mol. The smallest absolute Gasteiger partial charge is 0.217 e. The van der Waals surface area contributed by atoms with Gasteiger partial charge in [-0.1, -0.05) is 13.0 Å². The number of hydrogen-bond donors (Lipinski definition) is 1. The third-order valence-corrected chi connectivity index (χ3v) is 3.40. The van der Waals surface area contributed by atoms with E-state index in [-0.39, 0.29) is 6.04 Å². The highest BCUT2D eigenvalue weighted by Gasteiger charge is 2.18. The fourth-order valence-electron chi connectivity index (χ4n) is 2.40. The summed E-state index contributed by atoms with van der Waals surface area (Å²) < 4.78 is 7.30. The Labute approximate surface area is 125 Å². The molecule has 0 saturated heterocycles. The first-order valence-electron chi connectivity index (χ1n) is 7.07. The van der Waals surface area contributed by atoms with Crippen LogP contribution >= 0.6 is 0 Å². The molecule has 1 unspecified atom stereocenters. The number of methoxy groups -OCH3 is 1. The lowest BCUT2D eigenvalue weighted by Gasteiger charge is -2.21. The van der Waals surface area contributed by atoms with Crippen molar-refractivity contribution in [1.82, 2.24) is 14.9 Å². The molecular formula is C16H20N4O. The Bertz CT molecular complexity index is 642. The van der Waals surface area contributed by atoms with Crippen molar-refractivity contribution in [3.05, 3.63) is 42.0 Å². The molecule has 21 heavy (non-hydrogen) atoms. The monoisotopic (exact) mass is 284 g/mol. The molecule has 0 saturated carbocycles. The fourth-order valence-corrected chi connectivity index (χ4v) is 2.40. The van der Waals surface area contributed by atoms with Gasteiger partial charge in [0.25, 0.3) is 0 Å². The van der Waals surface area contributed by atoms with Gasteiger partial charge >= 0.3 is 0 Å². The Hall–Kier alpha value is -2.32. The van der Waals surface area contributed by atoms with E-state index in [4.69, 9.17) is 4.74 Å². The average molecular weight is 284 g/mol. The third-order valence-electron chi connectivity index (χ3n) is 3.40. The molecule has 5 heteroatoms. The second-order valence-electron chi connectivity index (χ2n) is 4.80. The molecule has 2 rings (SSSR count). The van der Waals surface area contributed by atoms with Crippen molar-refractivity contribution in [2.45, 2.75) is 26.3 Å². The number of benzene rings is 1. The minimum Gasteiger partial charge on any atom is -0.496 e. The van der Waals surface area contributed by atoms with E-state index in [0.717, 1.165) is 30.0 Å². The van der Waals surface area contributed by atoms with Crippen molar-refractivity contribution < 1.29 is 4.74 Å². The zero-order chi connectivity index (χ0) is 15.2. The second-order valence-corrected chi connectivity index (χ2v) is 4.80. The van der Waals surface area contributed by atoms with E-state index in [9.17, 15) is 5.26 Å². The zero-order valence-electron chi connectivity index (χ0n) is 12.6. The maximum atomic E-state index is 9.19. The third kappa shape index (κ3) is 3.06. The lowest BCUT2D eigenvalue weighted by atomic mass is 10.0. The first-order chi connectivity index (χ1) is 10.2. The van der Waals surface area contributed by atoms with Crippen molar-refractivity contribution in [2.24, 2.45) is 0 Å². The molecule has 0 aliphatic heterocycles. The summed E-state index contributed by atoms with van der Waals surface area (Å²) in [7, 11) is 1.66. The minimum absolute atomic E-state index is 0.116. The molecule has 1 aromatic heterocycles. The number of nitrogens with one attached hydrogen (secondary N) is 1. The maximum absolute atomic E-state index is 9.19. The Balaban J connectivity index is 2.53. The summed E-state index contributed by atoms with van der Waals surface area (Å²) in [6, 6.07) is 8.06. The number of aromatic nitrogens is 2. The van der Waals surface area contributed by atoms with Crippen LogP contribution in [0.3, 0.4) is 0 Å². The molecule has 0 aliphatic rings. The molecule has 2 aromatic rings. The van der Waals surface area contributed by atoms with Gasteiger partial charge in [-0.3, -0.25) is 4.57 Å². The van der Waals surface area contributed by atoms with Crippen molar-refractivity contribution in [2.75, 3.05) is 13.7 Å². The molecule has 0 amide bonds. The highest BCUT2D eigenvalue weighted by atomic mass is 16.5. The van der Waals surface area contributed by atoms with Crippen LogP contribution in [0.15, 0.2) is 30.6 Å². The molecule has 0 aliphatic carbocycles. The van der Waals surface area contributed by atoms with E-state index in [1.807, 2.05) is 18.2 Å². The Morgan fingerprint density at radius 2 is 2.29 bits per heavy atom. The Morgan fingerprint density at radius 1 is 1.48 bits per heavy atom. The van der Waals surface area contributed by atoms with Crippen molar-refractivity contribution in [3.63, 3.8) is 0 Å². The van der Waals surface area contributed by atoms with Crippen LogP contribution in [0.25, 0.3) is 5.69 Å². The summed E-state index contributed by atoms with van der Waals surface area (Å²) in [5.41, 5.74) is 1.95. The van der Waals surface area contributed by atoms with E-state index >= 15 is 0 Å². The van der Waals surface area contributed by atoms with Gasteiger partial charge in [-0.2, -0.15) is 5.26 Å². The molecule has 0 fully saturated rings. The summed E-state index contributed by atoms with van der Waals surface area (Å²) in [4.78, 5) is 4.07. The average Bonchev–Trinajstić information content (AvgIpc) is 3.00. The van der Waals surface area contributed by atoms with Crippen molar-refractivity contribution in [1.29, 1.82) is 5.26 Å². The van der Waals surface area contributed by atoms with Gasteiger partial charge in [0, 0.05) is 24.0 Å². The van der Waals surface area contributed by atoms with Gasteiger partial charge < -0.3 is 10.1 Å². The van der Waals surface area contributed by atoms with E-state index < -0.39 is 0 Å². The van der Waals surface area contributed by atoms with Crippen LogP contribution < -0.4 is 10.1 Å². The normalized spacial score (nSPS) is 11.9. The number of ether oxygens (including phenoxy) is 1. The van der Waals surface area contributed by atoms with Crippen LogP contribution in [-0.2, 0) is 0 Å². The molecule has 110 valence electrons. The van der Waals surface area contributed by atoms with Crippen LogP contribution in [0, 0.1) is 11.3 Å². The first-order valence-corrected chi connectivity index (χ1v) is 7.07. The number of hydrogen-bond acceptors (Lipinski definition) is 4. The topological polar surface area (TPSA) is 62.9 Å². The summed E-state index contributed by atoms with van der Waals surface area (Å²) in [6.45, 7) is 5.15. The van der Waals surface area contributed by atoms with E-state index in [0.29, 0.717) is 5.82 Å².